The molecule has 0 unspecified atom stereocenters. The predicted octanol–water partition coefficient (Wildman–Crippen LogP) is 1.42. The summed E-state index contributed by atoms with van der Waals surface area (Å²) in [6.45, 7) is 1.50. The van der Waals surface area contributed by atoms with Crippen molar-refractivity contribution in [3.8, 4) is 11.8 Å². The van der Waals surface area contributed by atoms with Crippen LogP contribution in [0.4, 0.5) is 0 Å². The second-order valence-electron chi connectivity index (χ2n) is 6.21. The number of nitrogens with one attached hydrogen (secondary N) is 1. The molecule has 6 heteroatoms. The highest BCUT2D eigenvalue weighted by atomic mass is 16.5. The second kappa shape index (κ2) is 8.88. The summed E-state index contributed by atoms with van der Waals surface area (Å²) in [4.78, 5) is 23.0. The number of carbonyl (C=O) groups is 2. The monoisotopic (exact) mass is 341 g/mol. The standard InChI is InChI=1S/C19H22N2O4/c1-13-6-2-4-8-16(13)21-19(24)15(11-20)10-14-7-3-5-9-17(14)25-12-18(22)23/h3,5,7,9-10,13,16H,2,4,6,8,12H2,1H3,(H,21,24)(H,22,23)/p-1/b15-10+/t13-,16-/m1/s1. The van der Waals surface area contributed by atoms with Gasteiger partial charge in [-0.3, -0.25) is 4.79 Å². The largest absolute Gasteiger partial charge is 0.546 e. The summed E-state index contributed by atoms with van der Waals surface area (Å²) in [5.41, 5.74) is 0.425. The van der Waals surface area contributed by atoms with Crippen molar-refractivity contribution in [3.63, 3.8) is 0 Å². The first-order chi connectivity index (χ1) is 12.0. The van der Waals surface area contributed by atoms with E-state index in [0.29, 0.717) is 11.5 Å². The molecule has 0 heterocycles. The van der Waals surface area contributed by atoms with Gasteiger partial charge >= 0.3 is 0 Å². The number of amides is 1. The Morgan fingerprint density at radius 1 is 1.36 bits per heavy atom. The zero-order valence-corrected chi connectivity index (χ0v) is 14.2. The van der Waals surface area contributed by atoms with Gasteiger partial charge in [-0.2, -0.15) is 5.26 Å². The topological polar surface area (TPSA) is 102 Å². The summed E-state index contributed by atoms with van der Waals surface area (Å²) in [5.74, 6) is -1.10. The van der Waals surface area contributed by atoms with Gasteiger partial charge in [0, 0.05) is 11.6 Å². The number of benzene rings is 1. The number of carbonyl (C=O) groups excluding carboxylic acids is 2. The Labute approximate surface area is 147 Å². The molecular formula is C19H21N2O4-. The highest BCUT2D eigenvalue weighted by molar-refractivity contribution is 6.02. The molecule has 1 aromatic rings. The SMILES string of the molecule is C[C@@H]1CCCC[C@H]1NC(=O)/C(C#N)=C/c1ccccc1OCC(=O)[O-]. The number of hydrogen-bond acceptors (Lipinski definition) is 5. The first kappa shape index (κ1) is 18.5. The van der Waals surface area contributed by atoms with Crippen LogP contribution in [0.3, 0.4) is 0 Å². The summed E-state index contributed by atoms with van der Waals surface area (Å²) in [7, 11) is 0. The fourth-order valence-corrected chi connectivity index (χ4v) is 2.95. The molecule has 1 amide bonds. The van der Waals surface area contributed by atoms with E-state index in [1.54, 1.807) is 24.3 Å². The third-order valence-electron chi connectivity index (χ3n) is 4.36. The number of para-hydroxylation sites is 1. The van der Waals surface area contributed by atoms with Crippen LogP contribution in [0.5, 0.6) is 5.75 Å². The molecule has 6 nitrogen and oxygen atoms in total. The maximum absolute atomic E-state index is 12.4. The summed E-state index contributed by atoms with van der Waals surface area (Å²) < 4.78 is 5.14. The number of rotatable bonds is 6. The Morgan fingerprint density at radius 2 is 2.08 bits per heavy atom. The average Bonchev–Trinajstić information content (AvgIpc) is 2.60. The van der Waals surface area contributed by atoms with E-state index in [4.69, 9.17) is 4.74 Å². The van der Waals surface area contributed by atoms with E-state index in [0.717, 1.165) is 25.7 Å². The van der Waals surface area contributed by atoms with Crippen LogP contribution in [0.2, 0.25) is 0 Å². The van der Waals surface area contributed by atoms with E-state index in [1.807, 2.05) is 6.07 Å². The maximum atomic E-state index is 12.4. The second-order valence-corrected chi connectivity index (χ2v) is 6.21. The van der Waals surface area contributed by atoms with Crippen molar-refractivity contribution in [2.24, 2.45) is 5.92 Å². The van der Waals surface area contributed by atoms with E-state index in [2.05, 4.69) is 12.2 Å². The molecule has 1 aromatic carbocycles. The Kier molecular flexibility index (Phi) is 6.58. The molecular weight excluding hydrogens is 320 g/mol. The Morgan fingerprint density at radius 3 is 2.76 bits per heavy atom. The van der Waals surface area contributed by atoms with Crippen LogP contribution < -0.4 is 15.2 Å². The third kappa shape index (κ3) is 5.35. The van der Waals surface area contributed by atoms with E-state index >= 15 is 0 Å². The van der Waals surface area contributed by atoms with Crippen molar-refractivity contribution in [1.29, 1.82) is 5.26 Å². The number of carboxylic acids is 1. The lowest BCUT2D eigenvalue weighted by atomic mass is 9.86. The smallest absolute Gasteiger partial charge is 0.262 e. The number of hydrogen-bond donors (Lipinski definition) is 1. The van der Waals surface area contributed by atoms with Gasteiger partial charge in [0.05, 0.1) is 5.97 Å². The predicted molar refractivity (Wildman–Crippen MR) is 90.1 cm³/mol. The minimum Gasteiger partial charge on any atom is -0.546 e. The number of carboxylic acid groups (broad SMARTS) is 1. The molecule has 0 saturated heterocycles. The molecule has 132 valence electrons. The molecule has 0 aliphatic heterocycles. The summed E-state index contributed by atoms with van der Waals surface area (Å²) >= 11 is 0. The van der Waals surface area contributed by atoms with Gasteiger partial charge in [-0.15, -0.1) is 0 Å². The van der Waals surface area contributed by atoms with Crippen LogP contribution in [0.25, 0.3) is 6.08 Å². The van der Waals surface area contributed by atoms with Crippen LogP contribution in [-0.4, -0.2) is 24.5 Å². The zero-order valence-electron chi connectivity index (χ0n) is 14.2. The summed E-state index contributed by atoms with van der Waals surface area (Å²) in [6, 6.07) is 8.60. The fraction of sp³-hybridized carbons (Fsp3) is 0.421. The number of aliphatic carboxylic acids is 1. The van der Waals surface area contributed by atoms with Crippen molar-refractivity contribution in [1.82, 2.24) is 5.32 Å². The quantitative estimate of drug-likeness (QED) is 0.623. The molecule has 0 aromatic heterocycles. The molecule has 0 bridgehead atoms. The van der Waals surface area contributed by atoms with Gasteiger partial charge in [0.1, 0.15) is 24.0 Å². The maximum Gasteiger partial charge on any atom is 0.262 e. The highest BCUT2D eigenvalue weighted by Gasteiger charge is 2.24. The highest BCUT2D eigenvalue weighted by Crippen LogP contribution is 2.25. The van der Waals surface area contributed by atoms with Crippen molar-refractivity contribution in [2.45, 2.75) is 38.6 Å². The van der Waals surface area contributed by atoms with Crippen LogP contribution in [0.1, 0.15) is 38.2 Å². The zero-order chi connectivity index (χ0) is 18.2. The Bertz CT molecular complexity index is 706. The van der Waals surface area contributed by atoms with Gasteiger partial charge in [-0.1, -0.05) is 38.0 Å². The average molecular weight is 341 g/mol. The molecule has 1 aliphatic carbocycles. The van der Waals surface area contributed by atoms with Gasteiger partial charge in [0.25, 0.3) is 5.91 Å². The first-order valence-electron chi connectivity index (χ1n) is 8.35. The molecule has 1 fully saturated rings. The fourth-order valence-electron chi connectivity index (χ4n) is 2.95. The van der Waals surface area contributed by atoms with Crippen LogP contribution in [0, 0.1) is 17.2 Å². The van der Waals surface area contributed by atoms with Crippen molar-refractivity contribution < 1.29 is 19.4 Å². The van der Waals surface area contributed by atoms with Crippen molar-refractivity contribution >= 4 is 18.0 Å². The minimum atomic E-state index is -1.34. The first-order valence-corrected chi connectivity index (χ1v) is 8.35. The molecule has 25 heavy (non-hydrogen) atoms. The Hall–Kier alpha value is -2.81. The molecule has 2 rings (SSSR count). The number of ether oxygens (including phenoxy) is 1. The molecule has 0 spiro atoms. The van der Waals surface area contributed by atoms with E-state index in [1.165, 1.54) is 6.08 Å². The van der Waals surface area contributed by atoms with Crippen LogP contribution in [-0.2, 0) is 9.59 Å². The van der Waals surface area contributed by atoms with Crippen LogP contribution in [0.15, 0.2) is 29.8 Å². The normalized spacial score (nSPS) is 20.4. The van der Waals surface area contributed by atoms with Gasteiger partial charge in [-0.05, 0) is 30.9 Å². The Balaban J connectivity index is 2.15. The van der Waals surface area contributed by atoms with Gasteiger partial charge in [0.15, 0.2) is 0 Å². The summed E-state index contributed by atoms with van der Waals surface area (Å²) in [6.07, 6.45) is 5.62. The minimum absolute atomic E-state index is 0.0396. The number of nitriles is 1. The lowest BCUT2D eigenvalue weighted by molar-refractivity contribution is -0.307. The van der Waals surface area contributed by atoms with Gasteiger partial charge in [-0.25, -0.2) is 0 Å². The number of nitrogens with zero attached hydrogens (tertiary/aromatic N) is 1. The van der Waals surface area contributed by atoms with E-state index in [-0.39, 0.29) is 17.4 Å². The van der Waals surface area contributed by atoms with E-state index < -0.39 is 18.5 Å². The summed E-state index contributed by atoms with van der Waals surface area (Å²) in [5, 5.41) is 22.8. The van der Waals surface area contributed by atoms with Crippen molar-refractivity contribution in [2.75, 3.05) is 6.61 Å². The molecule has 1 aliphatic rings. The van der Waals surface area contributed by atoms with Gasteiger partial charge < -0.3 is 20.0 Å². The lowest BCUT2D eigenvalue weighted by Crippen LogP contribution is -2.41. The molecule has 2 atom stereocenters. The molecule has 0 radical (unpaired) electrons. The third-order valence-corrected chi connectivity index (χ3v) is 4.36. The van der Waals surface area contributed by atoms with E-state index in [9.17, 15) is 20.0 Å². The molecule has 1 saturated carbocycles. The molecule has 1 N–H and O–H groups in total. The van der Waals surface area contributed by atoms with Crippen LogP contribution >= 0.6 is 0 Å². The lowest BCUT2D eigenvalue weighted by Gasteiger charge is -2.29. The van der Waals surface area contributed by atoms with Gasteiger partial charge in [0.2, 0.25) is 0 Å². The van der Waals surface area contributed by atoms with Crippen molar-refractivity contribution in [3.05, 3.63) is 35.4 Å².